The van der Waals surface area contributed by atoms with Crippen LogP contribution >= 0.6 is 0 Å². The number of nitrogens with zero attached hydrogens (tertiary/aromatic N) is 2. The number of ether oxygens (including phenoxy) is 2. The Balaban J connectivity index is 1.91. The van der Waals surface area contributed by atoms with Crippen LogP contribution in [0, 0.1) is 0 Å². The van der Waals surface area contributed by atoms with Gasteiger partial charge in [-0.1, -0.05) is 30.3 Å². The molecule has 0 unspecified atom stereocenters. The third-order valence-electron chi connectivity index (χ3n) is 3.48. The number of carbonyl (C=O) groups excluding carboxylic acids is 1. The Kier molecular flexibility index (Phi) is 4.35. The van der Waals surface area contributed by atoms with E-state index in [1.807, 2.05) is 30.3 Å². The molecule has 0 fully saturated rings. The van der Waals surface area contributed by atoms with Crippen molar-refractivity contribution in [3.05, 3.63) is 59.9 Å². The number of fused-ring (bicyclic) bond motifs is 1. The fourth-order valence-corrected chi connectivity index (χ4v) is 2.39. The van der Waals surface area contributed by atoms with Crippen LogP contribution in [-0.2, 0) is 11.3 Å². The van der Waals surface area contributed by atoms with Crippen LogP contribution in [0.15, 0.2) is 48.7 Å². The van der Waals surface area contributed by atoms with Gasteiger partial charge in [0.2, 0.25) is 0 Å². The first-order valence-electron chi connectivity index (χ1n) is 8.02. The van der Waals surface area contributed by atoms with Crippen LogP contribution in [-0.4, -0.2) is 21.0 Å². The number of hydrogen-bond donors (Lipinski definition) is 1. The van der Waals surface area contributed by atoms with E-state index < -0.39 is 11.6 Å². The molecule has 0 atom stereocenters. The Morgan fingerprint density at radius 3 is 2.56 bits per heavy atom. The fourth-order valence-electron chi connectivity index (χ4n) is 2.39. The van der Waals surface area contributed by atoms with Gasteiger partial charge in [-0.25, -0.2) is 9.78 Å². The van der Waals surface area contributed by atoms with Crippen LogP contribution in [0.1, 0.15) is 36.8 Å². The maximum atomic E-state index is 12.3. The number of benzene rings is 1. The molecule has 0 aliphatic carbocycles. The summed E-state index contributed by atoms with van der Waals surface area (Å²) in [4.78, 5) is 16.7. The molecule has 0 spiro atoms. The lowest BCUT2D eigenvalue weighted by Gasteiger charge is -2.18. The highest BCUT2D eigenvalue weighted by molar-refractivity contribution is 5.94. The summed E-state index contributed by atoms with van der Waals surface area (Å²) in [5.74, 6) is 0.227. The van der Waals surface area contributed by atoms with Crippen molar-refractivity contribution in [1.82, 2.24) is 9.38 Å². The molecule has 2 N–H and O–H groups in total. The molecule has 0 amide bonds. The van der Waals surface area contributed by atoms with Gasteiger partial charge in [-0.05, 0) is 38.5 Å². The smallest absolute Gasteiger partial charge is 0.361 e. The van der Waals surface area contributed by atoms with Gasteiger partial charge in [0.1, 0.15) is 18.0 Å². The van der Waals surface area contributed by atoms with E-state index in [0.29, 0.717) is 18.0 Å². The van der Waals surface area contributed by atoms with Crippen LogP contribution in [0.25, 0.3) is 5.65 Å². The lowest BCUT2D eigenvalue weighted by atomic mass is 10.2. The second kappa shape index (κ2) is 6.47. The zero-order valence-corrected chi connectivity index (χ0v) is 14.5. The summed E-state index contributed by atoms with van der Waals surface area (Å²) in [7, 11) is 0. The number of carbonyl (C=O) groups is 1. The Hall–Kier alpha value is -3.02. The van der Waals surface area contributed by atoms with E-state index in [9.17, 15) is 4.79 Å². The Labute approximate surface area is 146 Å². The number of esters is 1. The number of anilines is 1. The Morgan fingerprint density at radius 1 is 1.16 bits per heavy atom. The summed E-state index contributed by atoms with van der Waals surface area (Å²) in [5, 5.41) is 0. The number of nitrogens with two attached hydrogens (primary N) is 1. The maximum Gasteiger partial charge on any atom is 0.361 e. The highest BCUT2D eigenvalue weighted by atomic mass is 16.6. The van der Waals surface area contributed by atoms with E-state index in [-0.39, 0.29) is 11.5 Å². The summed E-state index contributed by atoms with van der Waals surface area (Å²) in [6.45, 7) is 5.79. The minimum absolute atomic E-state index is 0.0886. The third-order valence-corrected chi connectivity index (χ3v) is 3.48. The minimum atomic E-state index is -0.619. The van der Waals surface area contributed by atoms with Gasteiger partial charge >= 0.3 is 5.97 Å². The van der Waals surface area contributed by atoms with Gasteiger partial charge in [0.05, 0.1) is 0 Å². The van der Waals surface area contributed by atoms with Gasteiger partial charge in [0.15, 0.2) is 17.1 Å². The average Bonchev–Trinajstić information content (AvgIpc) is 2.90. The molecule has 6 nitrogen and oxygen atoms in total. The molecular weight excluding hydrogens is 318 g/mol. The van der Waals surface area contributed by atoms with Crippen molar-refractivity contribution in [2.75, 3.05) is 5.73 Å². The van der Waals surface area contributed by atoms with E-state index in [4.69, 9.17) is 15.2 Å². The molecule has 0 bridgehead atoms. The number of rotatable bonds is 4. The van der Waals surface area contributed by atoms with Gasteiger partial charge in [-0.3, -0.25) is 4.40 Å². The van der Waals surface area contributed by atoms with Crippen molar-refractivity contribution in [1.29, 1.82) is 0 Å². The van der Waals surface area contributed by atoms with Gasteiger partial charge in [-0.15, -0.1) is 0 Å². The summed E-state index contributed by atoms with van der Waals surface area (Å²) in [5.41, 5.74) is 7.07. The van der Waals surface area contributed by atoms with E-state index >= 15 is 0 Å². The van der Waals surface area contributed by atoms with E-state index in [1.54, 1.807) is 43.5 Å². The molecule has 2 aromatic heterocycles. The van der Waals surface area contributed by atoms with Crippen molar-refractivity contribution in [3.8, 4) is 5.75 Å². The fraction of sp³-hybridized carbons (Fsp3) is 0.263. The van der Waals surface area contributed by atoms with E-state index in [2.05, 4.69) is 4.98 Å². The first-order chi connectivity index (χ1) is 11.8. The SMILES string of the molecule is CC(C)(C)OC(=O)c1nc2c(OCc3ccccc3)cccn2c1N. The third kappa shape index (κ3) is 3.74. The highest BCUT2D eigenvalue weighted by Gasteiger charge is 2.24. The summed E-state index contributed by atoms with van der Waals surface area (Å²) in [6, 6.07) is 13.4. The van der Waals surface area contributed by atoms with Crippen molar-refractivity contribution in [2.45, 2.75) is 33.0 Å². The molecule has 0 radical (unpaired) electrons. The molecule has 0 saturated carbocycles. The standard InChI is InChI=1S/C19H21N3O3/c1-19(2,3)25-18(23)15-16(20)22-11-7-10-14(17(22)21-15)24-12-13-8-5-4-6-9-13/h4-11H,12,20H2,1-3H3. The Morgan fingerprint density at radius 2 is 1.88 bits per heavy atom. The van der Waals surface area contributed by atoms with Crippen LogP contribution in [0.4, 0.5) is 5.82 Å². The number of pyridine rings is 1. The van der Waals surface area contributed by atoms with Gasteiger partial charge in [0.25, 0.3) is 0 Å². The Bertz CT molecular complexity index is 895. The molecule has 0 aliphatic rings. The first kappa shape index (κ1) is 16.8. The molecule has 3 aromatic rings. The maximum absolute atomic E-state index is 12.3. The first-order valence-corrected chi connectivity index (χ1v) is 8.02. The molecule has 3 rings (SSSR count). The van der Waals surface area contributed by atoms with Gasteiger partial charge < -0.3 is 15.2 Å². The summed E-state index contributed by atoms with van der Waals surface area (Å²) in [6.07, 6.45) is 1.74. The van der Waals surface area contributed by atoms with E-state index in [0.717, 1.165) is 5.56 Å². The molecule has 2 heterocycles. The van der Waals surface area contributed by atoms with Crippen molar-refractivity contribution >= 4 is 17.4 Å². The average molecular weight is 339 g/mol. The van der Waals surface area contributed by atoms with Crippen molar-refractivity contribution in [3.63, 3.8) is 0 Å². The molecule has 0 aliphatic heterocycles. The van der Waals surface area contributed by atoms with Crippen LogP contribution in [0.3, 0.4) is 0 Å². The zero-order valence-electron chi connectivity index (χ0n) is 14.5. The number of imidazole rings is 1. The number of hydrogen-bond acceptors (Lipinski definition) is 5. The quantitative estimate of drug-likeness (QED) is 0.737. The number of aromatic nitrogens is 2. The molecule has 25 heavy (non-hydrogen) atoms. The topological polar surface area (TPSA) is 78.8 Å². The second-order valence-electron chi connectivity index (χ2n) is 6.69. The minimum Gasteiger partial charge on any atom is -0.485 e. The monoisotopic (exact) mass is 339 g/mol. The van der Waals surface area contributed by atoms with Crippen molar-refractivity contribution < 1.29 is 14.3 Å². The summed E-state index contributed by atoms with van der Waals surface area (Å²) < 4.78 is 12.9. The normalized spacial score (nSPS) is 11.5. The number of nitrogen functional groups attached to an aromatic ring is 1. The largest absolute Gasteiger partial charge is 0.485 e. The predicted octanol–water partition coefficient (Wildman–Crippen LogP) is 3.45. The van der Waals surface area contributed by atoms with Gasteiger partial charge in [-0.2, -0.15) is 0 Å². The summed E-state index contributed by atoms with van der Waals surface area (Å²) >= 11 is 0. The molecule has 1 aromatic carbocycles. The zero-order chi connectivity index (χ0) is 18.0. The predicted molar refractivity (Wildman–Crippen MR) is 95.5 cm³/mol. The lowest BCUT2D eigenvalue weighted by molar-refractivity contribution is 0.00650. The van der Waals surface area contributed by atoms with Crippen LogP contribution in [0.5, 0.6) is 5.75 Å². The highest BCUT2D eigenvalue weighted by Crippen LogP contribution is 2.25. The van der Waals surface area contributed by atoms with Gasteiger partial charge in [0, 0.05) is 6.20 Å². The lowest BCUT2D eigenvalue weighted by Crippen LogP contribution is -2.24. The van der Waals surface area contributed by atoms with Crippen molar-refractivity contribution in [2.24, 2.45) is 0 Å². The molecule has 6 heteroatoms. The second-order valence-corrected chi connectivity index (χ2v) is 6.69. The van der Waals surface area contributed by atoms with Crippen LogP contribution in [0.2, 0.25) is 0 Å². The molecular formula is C19H21N3O3. The van der Waals surface area contributed by atoms with Crippen LogP contribution < -0.4 is 10.5 Å². The molecule has 0 saturated heterocycles. The molecule has 130 valence electrons. The van der Waals surface area contributed by atoms with E-state index in [1.165, 1.54) is 0 Å².